The molecule has 0 aromatic carbocycles. The van der Waals surface area contributed by atoms with Crippen molar-refractivity contribution in [3.8, 4) is 0 Å². The molecular weight excluding hydrogens is 464 g/mol. The molecule has 208 valence electrons. The summed E-state index contributed by atoms with van der Waals surface area (Å²) >= 11 is 0. The van der Waals surface area contributed by atoms with Crippen LogP contribution in [0.4, 0.5) is 0 Å². The summed E-state index contributed by atoms with van der Waals surface area (Å²) in [4.78, 5) is 23.0. The number of carboxylic acid groups (broad SMARTS) is 1. The third-order valence-electron chi connectivity index (χ3n) is 12.3. The molecule has 37 heavy (non-hydrogen) atoms. The molecule has 4 rings (SSSR count). The van der Waals surface area contributed by atoms with Crippen LogP contribution in [0.3, 0.4) is 0 Å². The lowest BCUT2D eigenvalue weighted by Crippen LogP contribution is -2.56. The minimum atomic E-state index is -0.916. The number of esters is 1. The maximum atomic E-state index is 11.8. The maximum absolute atomic E-state index is 11.8. The summed E-state index contributed by atoms with van der Waals surface area (Å²) in [6, 6.07) is 0. The van der Waals surface area contributed by atoms with Crippen molar-refractivity contribution in [3.63, 3.8) is 0 Å². The number of hydrogen-bond acceptors (Lipinski definition) is 4. The van der Waals surface area contributed by atoms with Crippen LogP contribution in [0.5, 0.6) is 0 Å². The summed E-state index contributed by atoms with van der Waals surface area (Å²) in [5.74, 6) is -0.0351. The van der Waals surface area contributed by atoms with E-state index in [-0.39, 0.29) is 39.7 Å². The first-order valence-corrected chi connectivity index (χ1v) is 14.6. The fourth-order valence-corrected chi connectivity index (χ4v) is 9.82. The second-order valence-corrected chi connectivity index (χ2v) is 14.2. The van der Waals surface area contributed by atoms with E-state index >= 15 is 0 Å². The topological polar surface area (TPSA) is 83.8 Å². The van der Waals surface area contributed by atoms with Gasteiger partial charge in [0.1, 0.15) is 6.10 Å². The number of allylic oxidation sites excluding steroid dienone is 2. The van der Waals surface area contributed by atoms with Crippen LogP contribution in [-0.2, 0) is 14.3 Å². The van der Waals surface area contributed by atoms with E-state index in [0.29, 0.717) is 23.8 Å². The van der Waals surface area contributed by atoms with Crippen molar-refractivity contribution >= 4 is 11.9 Å². The summed E-state index contributed by atoms with van der Waals surface area (Å²) in [7, 11) is 0. The lowest BCUT2D eigenvalue weighted by molar-refractivity contribution is -0.167. The first-order chi connectivity index (χ1) is 17.1. The zero-order valence-corrected chi connectivity index (χ0v) is 24.4. The molecule has 0 spiro atoms. The van der Waals surface area contributed by atoms with Crippen LogP contribution in [-0.4, -0.2) is 34.4 Å². The predicted octanol–water partition coefficient (Wildman–Crippen LogP) is 7.09. The molecular formula is C32H50O5. The number of ether oxygens (including phenoxy) is 1. The van der Waals surface area contributed by atoms with E-state index in [2.05, 4.69) is 41.5 Å². The maximum Gasteiger partial charge on any atom is 0.330 e. The third-order valence-corrected chi connectivity index (χ3v) is 12.3. The van der Waals surface area contributed by atoms with E-state index in [1.54, 1.807) is 24.1 Å². The van der Waals surface area contributed by atoms with Crippen molar-refractivity contribution in [3.05, 3.63) is 22.8 Å². The number of aliphatic hydroxyl groups is 1. The van der Waals surface area contributed by atoms with Gasteiger partial charge in [-0.15, -0.1) is 0 Å². The summed E-state index contributed by atoms with van der Waals surface area (Å²) in [5, 5.41) is 20.3. The van der Waals surface area contributed by atoms with Gasteiger partial charge in [-0.1, -0.05) is 58.8 Å². The Labute approximate surface area is 224 Å². The summed E-state index contributed by atoms with van der Waals surface area (Å²) in [5.41, 5.74) is 4.08. The molecule has 0 aromatic heterocycles. The van der Waals surface area contributed by atoms with E-state index in [4.69, 9.17) is 4.74 Å². The Morgan fingerprint density at radius 2 is 1.68 bits per heavy atom. The molecule has 0 radical (unpaired) electrons. The Bertz CT molecular complexity index is 1010. The van der Waals surface area contributed by atoms with E-state index in [9.17, 15) is 19.8 Å². The Balaban J connectivity index is 1.62. The van der Waals surface area contributed by atoms with Gasteiger partial charge in [-0.05, 0) is 98.7 Å². The number of carboxylic acids is 1. The summed E-state index contributed by atoms with van der Waals surface area (Å²) < 4.78 is 5.84. The van der Waals surface area contributed by atoms with Crippen molar-refractivity contribution < 1.29 is 24.5 Å². The van der Waals surface area contributed by atoms with Gasteiger partial charge in [0.2, 0.25) is 0 Å². The van der Waals surface area contributed by atoms with E-state index < -0.39 is 12.1 Å². The number of fused-ring (bicyclic) bond motifs is 4. The first-order valence-electron chi connectivity index (χ1n) is 14.6. The third kappa shape index (κ3) is 4.32. The molecule has 4 aliphatic carbocycles. The van der Waals surface area contributed by atoms with Crippen LogP contribution in [0.25, 0.3) is 0 Å². The first kappa shape index (κ1) is 28.4. The number of carbonyl (C=O) groups excluding carboxylic acids is 1. The summed E-state index contributed by atoms with van der Waals surface area (Å²) in [6.07, 6.45) is 10.4. The molecule has 0 amide bonds. The quantitative estimate of drug-likeness (QED) is 0.225. The molecule has 2 N–H and O–H groups in total. The molecule has 0 aromatic rings. The van der Waals surface area contributed by atoms with Gasteiger partial charge in [-0.2, -0.15) is 0 Å². The molecule has 0 saturated heterocycles. The zero-order valence-electron chi connectivity index (χ0n) is 24.4. The molecule has 4 aliphatic rings. The second-order valence-electron chi connectivity index (χ2n) is 14.2. The fraction of sp³-hybridized carbons (Fsp3) is 0.812. The van der Waals surface area contributed by atoms with Crippen molar-refractivity contribution in [2.24, 2.45) is 39.4 Å². The molecule has 0 bridgehead atoms. The van der Waals surface area contributed by atoms with Crippen LogP contribution in [0, 0.1) is 39.4 Å². The number of aliphatic carboxylic acids is 1. The van der Waals surface area contributed by atoms with Crippen LogP contribution >= 0.6 is 0 Å². The molecule has 5 nitrogen and oxygen atoms in total. The minimum absolute atomic E-state index is 0.00770. The normalized spacial score (nSPS) is 40.8. The molecule has 0 unspecified atom stereocenters. The standard InChI is InChI=1S/C32H50O5/c1-19(28(35)36)9-11-25(34)20(2)22-13-17-32(8)24-10-12-26-29(4,5)27(37-21(3)33)15-16-30(26,6)23(24)14-18-31(22,32)7/h9,20,22,25-27,34H,10-18H2,1-8H3,(H,35,36)/b19-9+/t20-,22+,25-,26-,27+,30+,31+,32-/m0/s1. The second kappa shape index (κ2) is 9.54. The summed E-state index contributed by atoms with van der Waals surface area (Å²) in [6.45, 7) is 17.4. The molecule has 0 aliphatic heterocycles. The van der Waals surface area contributed by atoms with Gasteiger partial charge in [0.05, 0.1) is 6.10 Å². The molecule has 2 fully saturated rings. The largest absolute Gasteiger partial charge is 0.478 e. The van der Waals surface area contributed by atoms with E-state index in [1.165, 1.54) is 6.92 Å². The average molecular weight is 515 g/mol. The Morgan fingerprint density at radius 1 is 1.00 bits per heavy atom. The highest BCUT2D eigenvalue weighted by molar-refractivity contribution is 5.85. The monoisotopic (exact) mass is 514 g/mol. The lowest BCUT2D eigenvalue weighted by Gasteiger charge is -2.62. The Morgan fingerprint density at radius 3 is 2.30 bits per heavy atom. The van der Waals surface area contributed by atoms with Crippen molar-refractivity contribution in [1.82, 2.24) is 0 Å². The van der Waals surface area contributed by atoms with E-state index in [0.717, 1.165) is 51.4 Å². The van der Waals surface area contributed by atoms with Crippen LogP contribution in [0.1, 0.15) is 113 Å². The fourth-order valence-electron chi connectivity index (χ4n) is 9.82. The highest BCUT2D eigenvalue weighted by Gasteiger charge is 2.64. The Hall–Kier alpha value is -1.62. The van der Waals surface area contributed by atoms with Gasteiger partial charge < -0.3 is 14.9 Å². The minimum Gasteiger partial charge on any atom is -0.478 e. The molecule has 0 heterocycles. The van der Waals surface area contributed by atoms with Crippen LogP contribution in [0.2, 0.25) is 0 Å². The van der Waals surface area contributed by atoms with Gasteiger partial charge in [0, 0.05) is 17.9 Å². The van der Waals surface area contributed by atoms with Crippen molar-refractivity contribution in [1.29, 1.82) is 0 Å². The zero-order chi connectivity index (χ0) is 27.6. The Kier molecular flexibility index (Phi) is 7.32. The molecule has 2 saturated carbocycles. The molecule has 8 atom stereocenters. The van der Waals surface area contributed by atoms with Gasteiger partial charge in [0.15, 0.2) is 0 Å². The van der Waals surface area contributed by atoms with Crippen LogP contribution < -0.4 is 0 Å². The van der Waals surface area contributed by atoms with Crippen LogP contribution in [0.15, 0.2) is 22.8 Å². The average Bonchev–Trinajstić information content (AvgIpc) is 3.09. The number of rotatable bonds is 6. The van der Waals surface area contributed by atoms with Crippen molar-refractivity contribution in [2.45, 2.75) is 125 Å². The van der Waals surface area contributed by atoms with Gasteiger partial charge >= 0.3 is 11.9 Å². The van der Waals surface area contributed by atoms with E-state index in [1.807, 2.05) is 0 Å². The molecule has 5 heteroatoms. The van der Waals surface area contributed by atoms with Gasteiger partial charge in [-0.3, -0.25) is 4.79 Å². The predicted molar refractivity (Wildman–Crippen MR) is 146 cm³/mol. The highest BCUT2D eigenvalue weighted by atomic mass is 16.5. The smallest absolute Gasteiger partial charge is 0.330 e. The number of aliphatic hydroxyl groups excluding tert-OH is 1. The SMILES string of the molecule is CC(=O)O[C@@H]1CC[C@]2(C)C3=C(CC[C@H]2C1(C)C)[C@]1(C)CC[C@H]([C@H](C)[C@@H](O)C/C=C(\C)C(=O)O)[C@@]1(C)CC3. The number of hydrogen-bond donors (Lipinski definition) is 2. The highest BCUT2D eigenvalue weighted by Crippen LogP contribution is 2.72. The van der Waals surface area contributed by atoms with Gasteiger partial charge in [0.25, 0.3) is 0 Å². The number of carbonyl (C=O) groups is 2. The van der Waals surface area contributed by atoms with Crippen molar-refractivity contribution in [2.75, 3.05) is 0 Å². The lowest BCUT2D eigenvalue weighted by atomic mass is 9.43. The van der Waals surface area contributed by atoms with Gasteiger partial charge in [-0.25, -0.2) is 4.79 Å².